The number of hydrogen-bond donors (Lipinski definition) is 1. The molecule has 2 aromatic carbocycles. The molecule has 2 aliphatic rings. The quantitative estimate of drug-likeness (QED) is 0.745. The molecule has 0 spiro atoms. The van der Waals surface area contributed by atoms with E-state index in [-0.39, 0.29) is 24.9 Å². The number of likely N-dealkylation sites (tertiary alicyclic amines) is 1. The van der Waals surface area contributed by atoms with Crippen molar-refractivity contribution in [1.82, 2.24) is 10.2 Å². The van der Waals surface area contributed by atoms with Gasteiger partial charge in [0.2, 0.25) is 0 Å². The molecule has 1 fully saturated rings. The summed E-state index contributed by atoms with van der Waals surface area (Å²) in [5.74, 6) is -0.266. The molecule has 1 N–H and O–H groups in total. The largest absolute Gasteiger partial charge is 0.448 e. The molecule has 33 heavy (non-hydrogen) atoms. The number of hydrogen-bond acceptors (Lipinski definition) is 5. The zero-order valence-electron chi connectivity index (χ0n) is 19.3. The van der Waals surface area contributed by atoms with Gasteiger partial charge in [0.1, 0.15) is 12.2 Å². The van der Waals surface area contributed by atoms with E-state index >= 15 is 0 Å². The smallest absolute Gasteiger partial charge is 0.410 e. The number of nitrogens with one attached hydrogen (secondary N) is 1. The highest BCUT2D eigenvalue weighted by molar-refractivity contribution is 5.91. The normalized spacial score (nSPS) is 18.2. The van der Waals surface area contributed by atoms with E-state index in [9.17, 15) is 14.4 Å². The van der Waals surface area contributed by atoms with Gasteiger partial charge < -0.3 is 19.7 Å². The van der Waals surface area contributed by atoms with Crippen molar-refractivity contribution in [2.45, 2.75) is 51.2 Å². The zero-order valence-corrected chi connectivity index (χ0v) is 19.3. The highest BCUT2D eigenvalue weighted by Crippen LogP contribution is 2.44. The molecule has 7 heteroatoms. The second-order valence-electron chi connectivity index (χ2n) is 9.53. The van der Waals surface area contributed by atoms with Gasteiger partial charge in [0.15, 0.2) is 5.78 Å². The van der Waals surface area contributed by atoms with Crippen LogP contribution in [0.5, 0.6) is 0 Å². The Balaban J connectivity index is 1.37. The monoisotopic (exact) mass is 450 g/mol. The molecule has 1 atom stereocenters. The molecular formula is C26H30N2O5. The lowest BCUT2D eigenvalue weighted by Crippen LogP contribution is -2.46. The second kappa shape index (κ2) is 9.25. The Morgan fingerprint density at radius 2 is 1.64 bits per heavy atom. The van der Waals surface area contributed by atoms with Crippen LogP contribution in [0.1, 0.15) is 50.7 Å². The first kappa shape index (κ1) is 22.8. The van der Waals surface area contributed by atoms with Crippen molar-refractivity contribution >= 4 is 18.0 Å². The van der Waals surface area contributed by atoms with E-state index in [4.69, 9.17) is 9.47 Å². The molecular weight excluding hydrogens is 420 g/mol. The van der Waals surface area contributed by atoms with Gasteiger partial charge in [-0.05, 0) is 55.9 Å². The van der Waals surface area contributed by atoms with Crippen LogP contribution < -0.4 is 5.32 Å². The molecule has 1 aliphatic heterocycles. The lowest BCUT2D eigenvalue weighted by Gasteiger charge is -2.23. The zero-order chi connectivity index (χ0) is 23.6. The third-order valence-electron chi connectivity index (χ3n) is 5.94. The molecule has 0 bridgehead atoms. The molecule has 2 aromatic rings. The standard InChI is InChI=1S/C26H30N2O5/c1-26(2,3)33-24(30)27-22-13-8-14-28(15-23(22)29)25(31)32-16-21-19-11-6-4-9-17(19)18-10-5-7-12-20(18)21/h4-7,9-12,21-22H,8,13-16H2,1-3H3,(H,27,30). The molecule has 2 amide bonds. The van der Waals surface area contributed by atoms with E-state index < -0.39 is 23.8 Å². The van der Waals surface area contributed by atoms with Crippen LogP contribution in [0.25, 0.3) is 11.1 Å². The van der Waals surface area contributed by atoms with Crippen LogP contribution in [0.4, 0.5) is 9.59 Å². The molecule has 7 nitrogen and oxygen atoms in total. The number of carbonyl (C=O) groups excluding carboxylic acids is 3. The first-order chi connectivity index (χ1) is 15.7. The molecule has 1 heterocycles. The number of alkyl carbamates (subject to hydrolysis) is 1. The summed E-state index contributed by atoms with van der Waals surface area (Å²) in [5, 5.41) is 2.63. The topological polar surface area (TPSA) is 84.9 Å². The van der Waals surface area contributed by atoms with Crippen molar-refractivity contribution in [2.75, 3.05) is 19.7 Å². The molecule has 174 valence electrons. The molecule has 0 saturated carbocycles. The van der Waals surface area contributed by atoms with Crippen molar-refractivity contribution in [1.29, 1.82) is 0 Å². The Morgan fingerprint density at radius 3 is 2.24 bits per heavy atom. The summed E-state index contributed by atoms with van der Waals surface area (Å²) < 4.78 is 10.9. The summed E-state index contributed by atoms with van der Waals surface area (Å²) in [5.41, 5.74) is 3.95. The Morgan fingerprint density at radius 1 is 1.03 bits per heavy atom. The van der Waals surface area contributed by atoms with Crippen molar-refractivity contribution in [3.05, 3.63) is 59.7 Å². The Bertz CT molecular complexity index is 1010. The van der Waals surface area contributed by atoms with E-state index in [0.29, 0.717) is 19.4 Å². The number of ketones is 1. The van der Waals surface area contributed by atoms with Crippen molar-refractivity contribution in [3.63, 3.8) is 0 Å². The van der Waals surface area contributed by atoms with Gasteiger partial charge in [-0.15, -0.1) is 0 Å². The molecule has 4 rings (SSSR count). The summed E-state index contributed by atoms with van der Waals surface area (Å²) in [6.07, 6.45) is -0.111. The van der Waals surface area contributed by atoms with Crippen molar-refractivity contribution < 1.29 is 23.9 Å². The lowest BCUT2D eigenvalue weighted by atomic mass is 9.98. The van der Waals surface area contributed by atoms with E-state index in [0.717, 1.165) is 22.3 Å². The van der Waals surface area contributed by atoms with Gasteiger partial charge in [0.05, 0.1) is 12.6 Å². The highest BCUT2D eigenvalue weighted by Gasteiger charge is 2.32. The number of fused-ring (bicyclic) bond motifs is 3. The fourth-order valence-electron chi connectivity index (χ4n) is 4.47. The van der Waals surface area contributed by atoms with Crippen LogP contribution in [0.2, 0.25) is 0 Å². The Kier molecular flexibility index (Phi) is 6.40. The maximum absolute atomic E-state index is 12.8. The number of carbonyl (C=O) groups is 3. The minimum atomic E-state index is -0.675. The first-order valence-corrected chi connectivity index (χ1v) is 11.3. The Labute approximate surface area is 194 Å². The van der Waals surface area contributed by atoms with Gasteiger partial charge in [-0.2, -0.15) is 0 Å². The summed E-state index contributed by atoms with van der Waals surface area (Å²) >= 11 is 0. The molecule has 1 aliphatic carbocycles. The minimum absolute atomic E-state index is 0.0365. The van der Waals surface area contributed by atoms with Crippen LogP contribution in [0, 0.1) is 0 Å². The fraction of sp³-hybridized carbons (Fsp3) is 0.423. The number of rotatable bonds is 3. The van der Waals surface area contributed by atoms with E-state index in [1.54, 1.807) is 20.8 Å². The lowest BCUT2D eigenvalue weighted by molar-refractivity contribution is -0.121. The van der Waals surface area contributed by atoms with E-state index in [2.05, 4.69) is 29.6 Å². The number of Topliss-reactive ketones (excluding diaryl/α,β-unsaturated/α-hetero) is 1. The molecule has 1 saturated heterocycles. The Hall–Kier alpha value is -3.35. The van der Waals surface area contributed by atoms with Crippen LogP contribution in [0.15, 0.2) is 48.5 Å². The van der Waals surface area contributed by atoms with Gasteiger partial charge >= 0.3 is 12.2 Å². The SMILES string of the molecule is CC(C)(C)OC(=O)NC1CCCN(C(=O)OCC2c3ccccc3-c3ccccc32)CC1=O. The number of nitrogens with zero attached hydrogens (tertiary/aromatic N) is 1. The first-order valence-electron chi connectivity index (χ1n) is 11.3. The highest BCUT2D eigenvalue weighted by atomic mass is 16.6. The van der Waals surface area contributed by atoms with E-state index in [1.165, 1.54) is 4.90 Å². The van der Waals surface area contributed by atoms with Crippen molar-refractivity contribution in [2.24, 2.45) is 0 Å². The minimum Gasteiger partial charge on any atom is -0.448 e. The third-order valence-corrected chi connectivity index (χ3v) is 5.94. The summed E-state index contributed by atoms with van der Waals surface area (Å²) in [6, 6.07) is 15.6. The van der Waals surface area contributed by atoms with Crippen LogP contribution in [-0.2, 0) is 14.3 Å². The van der Waals surface area contributed by atoms with Gasteiger partial charge in [-0.1, -0.05) is 48.5 Å². The number of amides is 2. The molecule has 0 aromatic heterocycles. The fourth-order valence-corrected chi connectivity index (χ4v) is 4.47. The molecule has 0 radical (unpaired) electrons. The summed E-state index contributed by atoms with van der Waals surface area (Å²) in [7, 11) is 0. The number of benzene rings is 2. The predicted molar refractivity (Wildman–Crippen MR) is 124 cm³/mol. The van der Waals surface area contributed by atoms with Gasteiger partial charge in [-0.3, -0.25) is 4.79 Å². The van der Waals surface area contributed by atoms with Crippen LogP contribution >= 0.6 is 0 Å². The molecule has 1 unspecified atom stereocenters. The van der Waals surface area contributed by atoms with Crippen LogP contribution in [0.3, 0.4) is 0 Å². The van der Waals surface area contributed by atoms with Gasteiger partial charge in [0.25, 0.3) is 0 Å². The second-order valence-corrected chi connectivity index (χ2v) is 9.53. The summed E-state index contributed by atoms with van der Waals surface area (Å²) in [6.45, 7) is 5.80. The predicted octanol–water partition coefficient (Wildman–Crippen LogP) is 4.49. The van der Waals surface area contributed by atoms with Gasteiger partial charge in [0, 0.05) is 12.5 Å². The van der Waals surface area contributed by atoms with Crippen molar-refractivity contribution in [3.8, 4) is 11.1 Å². The van der Waals surface area contributed by atoms with E-state index in [1.807, 2.05) is 24.3 Å². The number of ether oxygens (including phenoxy) is 2. The average Bonchev–Trinajstić information content (AvgIpc) is 2.96. The van der Waals surface area contributed by atoms with Gasteiger partial charge in [-0.25, -0.2) is 9.59 Å². The maximum Gasteiger partial charge on any atom is 0.410 e. The van der Waals surface area contributed by atoms with Crippen LogP contribution in [-0.4, -0.2) is 54.2 Å². The average molecular weight is 451 g/mol. The maximum atomic E-state index is 12.8. The summed E-state index contributed by atoms with van der Waals surface area (Å²) in [4.78, 5) is 39.0. The third kappa shape index (κ3) is 5.18.